The molecule has 1 saturated heterocycles. The molecule has 0 aromatic heterocycles. The lowest BCUT2D eigenvalue weighted by Crippen LogP contribution is -2.52. The van der Waals surface area contributed by atoms with E-state index in [9.17, 15) is 14.7 Å². The molecule has 4 N–H and O–H groups in total. The molecule has 2 aromatic rings. The first-order chi connectivity index (χ1) is 13.1. The van der Waals surface area contributed by atoms with Crippen molar-refractivity contribution in [2.75, 3.05) is 20.1 Å². The molecule has 1 fully saturated rings. The number of aliphatic hydroxyl groups excluding tert-OH is 1. The highest BCUT2D eigenvalue weighted by Gasteiger charge is 2.24. The Morgan fingerprint density at radius 1 is 1.15 bits per heavy atom. The second-order valence-electron chi connectivity index (χ2n) is 6.77. The molecule has 1 aliphatic rings. The zero-order valence-corrected chi connectivity index (χ0v) is 15.4. The van der Waals surface area contributed by atoms with Gasteiger partial charge in [-0.1, -0.05) is 36.4 Å². The quantitative estimate of drug-likeness (QED) is 0.637. The number of β-amino-alcohol motifs (C(OH)–C–C–N with tert-alkyl or cyclic N) is 1. The molecular weight excluding hydrogens is 342 g/mol. The number of aliphatic hydroxyl groups is 1. The van der Waals surface area contributed by atoms with Crippen molar-refractivity contribution in [3.05, 3.63) is 59.7 Å². The summed E-state index contributed by atoms with van der Waals surface area (Å²) in [4.78, 5) is 24.0. The summed E-state index contributed by atoms with van der Waals surface area (Å²) in [5.74, 6) is -0.208. The second-order valence-corrected chi connectivity index (χ2v) is 6.77. The summed E-state index contributed by atoms with van der Waals surface area (Å²) in [6.45, 7) is 1.28. The smallest absolute Gasteiger partial charge is 0.251 e. The summed E-state index contributed by atoms with van der Waals surface area (Å²) in [7, 11) is 1.62. The Labute approximate surface area is 159 Å². The Morgan fingerprint density at radius 2 is 1.93 bits per heavy atom. The van der Waals surface area contributed by atoms with E-state index < -0.39 is 6.10 Å². The first-order valence-corrected chi connectivity index (χ1v) is 9.16. The van der Waals surface area contributed by atoms with Gasteiger partial charge in [0.25, 0.3) is 5.91 Å². The van der Waals surface area contributed by atoms with Crippen molar-refractivity contribution < 1.29 is 14.7 Å². The topological polar surface area (TPSA) is 90.5 Å². The van der Waals surface area contributed by atoms with Crippen molar-refractivity contribution in [2.24, 2.45) is 0 Å². The van der Waals surface area contributed by atoms with E-state index in [-0.39, 0.29) is 17.9 Å². The standard InChI is InChI=1S/C21H25N3O3/c1-22-20(26)11-14-5-7-15(8-6-14)16-3-2-4-17(12-16)21(27)24-18-9-10-23-13-19(18)25/h2-8,12,18-19,23,25H,9-11,13H2,1H3,(H,22,26)(H,24,27)/t18-,19-/m1/s1. The van der Waals surface area contributed by atoms with Gasteiger partial charge < -0.3 is 21.1 Å². The van der Waals surface area contributed by atoms with Crippen molar-refractivity contribution in [3.63, 3.8) is 0 Å². The Morgan fingerprint density at radius 3 is 2.63 bits per heavy atom. The third-order valence-corrected chi connectivity index (χ3v) is 4.82. The fourth-order valence-electron chi connectivity index (χ4n) is 3.19. The van der Waals surface area contributed by atoms with E-state index in [0.717, 1.165) is 23.2 Å². The molecule has 6 heteroatoms. The number of rotatable bonds is 5. The number of piperidine rings is 1. The highest BCUT2D eigenvalue weighted by Crippen LogP contribution is 2.21. The predicted molar refractivity (Wildman–Crippen MR) is 104 cm³/mol. The minimum absolute atomic E-state index is 0.0264. The average molecular weight is 367 g/mol. The van der Waals surface area contributed by atoms with Crippen molar-refractivity contribution in [3.8, 4) is 11.1 Å². The molecule has 0 spiro atoms. The average Bonchev–Trinajstić information content (AvgIpc) is 2.70. The van der Waals surface area contributed by atoms with Gasteiger partial charge in [0.2, 0.25) is 5.91 Å². The van der Waals surface area contributed by atoms with E-state index in [0.29, 0.717) is 24.9 Å². The van der Waals surface area contributed by atoms with Gasteiger partial charge in [0.15, 0.2) is 0 Å². The number of carbonyl (C=O) groups is 2. The van der Waals surface area contributed by atoms with E-state index in [2.05, 4.69) is 16.0 Å². The van der Waals surface area contributed by atoms with E-state index >= 15 is 0 Å². The highest BCUT2D eigenvalue weighted by atomic mass is 16.3. The van der Waals surface area contributed by atoms with Crippen molar-refractivity contribution in [1.29, 1.82) is 0 Å². The number of hydrogen-bond donors (Lipinski definition) is 4. The molecule has 1 aliphatic heterocycles. The molecule has 2 atom stereocenters. The molecule has 142 valence electrons. The second kappa shape index (κ2) is 8.79. The SMILES string of the molecule is CNC(=O)Cc1ccc(-c2cccc(C(=O)N[C@@H]3CCNC[C@H]3O)c2)cc1. The predicted octanol–water partition coefficient (Wildman–Crippen LogP) is 1.09. The molecule has 3 rings (SSSR count). The van der Waals surface area contributed by atoms with Gasteiger partial charge in [-0.05, 0) is 41.8 Å². The molecule has 6 nitrogen and oxygen atoms in total. The fraction of sp³-hybridized carbons (Fsp3) is 0.333. The lowest BCUT2D eigenvalue weighted by molar-refractivity contribution is -0.119. The summed E-state index contributed by atoms with van der Waals surface area (Å²) in [5.41, 5.74) is 3.41. The highest BCUT2D eigenvalue weighted by molar-refractivity contribution is 5.95. The van der Waals surface area contributed by atoms with Crippen LogP contribution >= 0.6 is 0 Å². The van der Waals surface area contributed by atoms with Gasteiger partial charge in [-0.2, -0.15) is 0 Å². The largest absolute Gasteiger partial charge is 0.390 e. The van der Waals surface area contributed by atoms with Gasteiger partial charge in [-0.3, -0.25) is 9.59 Å². The molecule has 0 radical (unpaired) electrons. The Balaban J connectivity index is 1.71. The van der Waals surface area contributed by atoms with Gasteiger partial charge >= 0.3 is 0 Å². The fourth-order valence-corrected chi connectivity index (χ4v) is 3.19. The van der Waals surface area contributed by atoms with Crippen LogP contribution in [0, 0.1) is 0 Å². The maximum absolute atomic E-state index is 12.6. The van der Waals surface area contributed by atoms with Crippen LogP contribution in [-0.4, -0.2) is 49.2 Å². The van der Waals surface area contributed by atoms with Crippen LogP contribution in [-0.2, 0) is 11.2 Å². The lowest BCUT2D eigenvalue weighted by atomic mass is 9.99. The van der Waals surface area contributed by atoms with Crippen LogP contribution in [0.3, 0.4) is 0 Å². The summed E-state index contributed by atoms with van der Waals surface area (Å²) in [6.07, 6.45) is 0.482. The maximum atomic E-state index is 12.6. The van der Waals surface area contributed by atoms with Crippen LogP contribution in [0.2, 0.25) is 0 Å². The zero-order chi connectivity index (χ0) is 19.2. The normalized spacial score (nSPS) is 19.3. The molecular formula is C21H25N3O3. The summed E-state index contributed by atoms with van der Waals surface area (Å²) in [5, 5.41) is 18.6. The molecule has 27 heavy (non-hydrogen) atoms. The van der Waals surface area contributed by atoms with Crippen LogP contribution in [0.1, 0.15) is 22.3 Å². The Kier molecular flexibility index (Phi) is 6.21. The van der Waals surface area contributed by atoms with Crippen molar-refractivity contribution >= 4 is 11.8 Å². The molecule has 0 aliphatic carbocycles. The zero-order valence-electron chi connectivity index (χ0n) is 15.4. The molecule has 1 heterocycles. The van der Waals surface area contributed by atoms with Crippen LogP contribution in [0.15, 0.2) is 48.5 Å². The molecule has 0 unspecified atom stereocenters. The van der Waals surface area contributed by atoms with Gasteiger partial charge in [-0.15, -0.1) is 0 Å². The number of benzene rings is 2. The van der Waals surface area contributed by atoms with E-state index in [4.69, 9.17) is 0 Å². The van der Waals surface area contributed by atoms with Crippen molar-refractivity contribution in [2.45, 2.75) is 25.0 Å². The summed E-state index contributed by atoms with van der Waals surface area (Å²) in [6, 6.07) is 14.9. The number of carbonyl (C=O) groups excluding carboxylic acids is 2. The van der Waals surface area contributed by atoms with Crippen LogP contribution in [0.5, 0.6) is 0 Å². The van der Waals surface area contributed by atoms with E-state index in [1.807, 2.05) is 42.5 Å². The maximum Gasteiger partial charge on any atom is 0.251 e. The number of amides is 2. The Bertz CT molecular complexity index is 805. The van der Waals surface area contributed by atoms with Gasteiger partial charge in [0.05, 0.1) is 18.6 Å². The van der Waals surface area contributed by atoms with Gasteiger partial charge in [0, 0.05) is 19.2 Å². The third-order valence-electron chi connectivity index (χ3n) is 4.82. The first kappa shape index (κ1) is 19.1. The van der Waals surface area contributed by atoms with Crippen molar-refractivity contribution in [1.82, 2.24) is 16.0 Å². The van der Waals surface area contributed by atoms with Gasteiger partial charge in [0.1, 0.15) is 0 Å². The van der Waals surface area contributed by atoms with Crippen LogP contribution in [0.25, 0.3) is 11.1 Å². The van der Waals surface area contributed by atoms with E-state index in [1.165, 1.54) is 0 Å². The minimum atomic E-state index is -0.571. The lowest BCUT2D eigenvalue weighted by Gasteiger charge is -2.29. The first-order valence-electron chi connectivity index (χ1n) is 9.16. The van der Waals surface area contributed by atoms with Crippen LogP contribution < -0.4 is 16.0 Å². The third kappa shape index (κ3) is 4.93. The molecule has 0 bridgehead atoms. The monoisotopic (exact) mass is 367 g/mol. The molecule has 2 aromatic carbocycles. The Hall–Kier alpha value is -2.70. The van der Waals surface area contributed by atoms with Gasteiger partial charge in [-0.25, -0.2) is 0 Å². The number of hydrogen-bond acceptors (Lipinski definition) is 4. The van der Waals surface area contributed by atoms with E-state index in [1.54, 1.807) is 13.1 Å². The molecule has 2 amide bonds. The number of nitrogens with one attached hydrogen (secondary N) is 3. The van der Waals surface area contributed by atoms with Crippen LogP contribution in [0.4, 0.5) is 0 Å². The summed E-state index contributed by atoms with van der Waals surface area (Å²) < 4.78 is 0. The minimum Gasteiger partial charge on any atom is -0.390 e. The summed E-state index contributed by atoms with van der Waals surface area (Å²) >= 11 is 0. The molecule has 0 saturated carbocycles. The number of likely N-dealkylation sites (N-methyl/N-ethyl adjacent to an activating group) is 1.